The highest BCUT2D eigenvalue weighted by Gasteiger charge is 2.28. The summed E-state index contributed by atoms with van der Waals surface area (Å²) in [7, 11) is 0. The molecule has 146 valence electrons. The Morgan fingerprint density at radius 1 is 1.19 bits per heavy atom. The molecule has 2 aromatic rings. The molecule has 0 aliphatic carbocycles. The van der Waals surface area contributed by atoms with E-state index in [9.17, 15) is 9.59 Å². The second kappa shape index (κ2) is 9.06. The highest BCUT2D eigenvalue weighted by Crippen LogP contribution is 2.19. The van der Waals surface area contributed by atoms with Gasteiger partial charge in [-0.1, -0.05) is 30.3 Å². The molecule has 1 aliphatic heterocycles. The predicted molar refractivity (Wildman–Crippen MR) is 106 cm³/mol. The molecule has 1 saturated heterocycles. The number of amides is 2. The van der Waals surface area contributed by atoms with Crippen molar-refractivity contribution in [3.63, 3.8) is 0 Å². The molecule has 0 radical (unpaired) electrons. The third-order valence-corrected chi connectivity index (χ3v) is 4.85. The van der Waals surface area contributed by atoms with Gasteiger partial charge < -0.3 is 20.4 Å². The first-order valence-electron chi connectivity index (χ1n) is 8.93. The van der Waals surface area contributed by atoms with Gasteiger partial charge in [-0.25, -0.2) is 0 Å². The molecular formula is C20H26ClN3O3. The summed E-state index contributed by atoms with van der Waals surface area (Å²) in [6.07, 6.45) is 1.43. The fourth-order valence-electron chi connectivity index (χ4n) is 3.36. The van der Waals surface area contributed by atoms with Crippen molar-refractivity contribution < 1.29 is 14.0 Å². The summed E-state index contributed by atoms with van der Waals surface area (Å²) in [5.41, 5.74) is 7.50. The van der Waals surface area contributed by atoms with E-state index in [-0.39, 0.29) is 30.3 Å². The number of furan rings is 1. The molecule has 2 heterocycles. The summed E-state index contributed by atoms with van der Waals surface area (Å²) in [6.45, 7) is 4.79. The number of hydrogen-bond acceptors (Lipinski definition) is 4. The number of piperidine rings is 1. The van der Waals surface area contributed by atoms with Crippen molar-refractivity contribution in [1.29, 1.82) is 0 Å². The number of nitrogens with one attached hydrogen (secondary N) is 1. The first-order chi connectivity index (χ1) is 12.5. The van der Waals surface area contributed by atoms with Crippen LogP contribution in [0.2, 0.25) is 0 Å². The molecule has 27 heavy (non-hydrogen) atoms. The molecule has 6 nitrogen and oxygen atoms in total. The Hall–Kier alpha value is -2.31. The van der Waals surface area contributed by atoms with Crippen molar-refractivity contribution in [3.8, 4) is 0 Å². The van der Waals surface area contributed by atoms with E-state index in [1.54, 1.807) is 17.9 Å². The quantitative estimate of drug-likeness (QED) is 0.838. The Balaban J connectivity index is 0.00000261. The molecule has 1 fully saturated rings. The van der Waals surface area contributed by atoms with Gasteiger partial charge in [0.05, 0.1) is 5.56 Å². The fourth-order valence-corrected chi connectivity index (χ4v) is 3.36. The molecule has 1 aliphatic rings. The summed E-state index contributed by atoms with van der Waals surface area (Å²) in [5.74, 6) is 1.16. The zero-order chi connectivity index (χ0) is 18.7. The van der Waals surface area contributed by atoms with Crippen LogP contribution in [0.15, 0.2) is 40.8 Å². The lowest BCUT2D eigenvalue weighted by molar-refractivity contribution is -0.133. The van der Waals surface area contributed by atoms with Crippen LogP contribution in [0.25, 0.3) is 0 Å². The van der Waals surface area contributed by atoms with Gasteiger partial charge in [-0.05, 0) is 38.3 Å². The second-order valence-corrected chi connectivity index (χ2v) is 6.79. The minimum Gasteiger partial charge on any atom is -0.466 e. The summed E-state index contributed by atoms with van der Waals surface area (Å²) in [6, 6.07) is 10.6. The zero-order valence-corrected chi connectivity index (χ0v) is 16.4. The van der Waals surface area contributed by atoms with Crippen LogP contribution < -0.4 is 11.1 Å². The second-order valence-electron chi connectivity index (χ2n) is 6.79. The molecule has 1 unspecified atom stereocenters. The Kier molecular flexibility index (Phi) is 7.05. The molecule has 3 rings (SSSR count). The smallest absolute Gasteiger partial charge is 0.255 e. The van der Waals surface area contributed by atoms with E-state index < -0.39 is 6.04 Å². The maximum absolute atomic E-state index is 12.6. The number of nitrogens with zero attached hydrogens (tertiary/aromatic N) is 1. The summed E-state index contributed by atoms with van der Waals surface area (Å²) in [5, 5.41) is 3.04. The van der Waals surface area contributed by atoms with Gasteiger partial charge in [0.15, 0.2) is 0 Å². The number of likely N-dealkylation sites (tertiary alicyclic amines) is 1. The van der Waals surface area contributed by atoms with Crippen LogP contribution in [0, 0.1) is 13.8 Å². The van der Waals surface area contributed by atoms with Gasteiger partial charge in [-0.15, -0.1) is 12.4 Å². The van der Waals surface area contributed by atoms with Crippen LogP contribution in [-0.2, 0) is 4.79 Å². The normalized spacial score (nSPS) is 15.7. The molecule has 0 bridgehead atoms. The molecular weight excluding hydrogens is 366 g/mol. The number of carbonyl (C=O) groups is 2. The monoisotopic (exact) mass is 391 g/mol. The average Bonchev–Trinajstić information content (AvgIpc) is 3.00. The first-order valence-corrected chi connectivity index (χ1v) is 8.93. The Morgan fingerprint density at radius 3 is 2.37 bits per heavy atom. The minimum atomic E-state index is -0.640. The molecule has 3 N–H and O–H groups in total. The minimum absolute atomic E-state index is 0. The molecule has 1 aromatic heterocycles. The number of benzene rings is 1. The summed E-state index contributed by atoms with van der Waals surface area (Å²) >= 11 is 0. The van der Waals surface area contributed by atoms with Crippen molar-refractivity contribution in [1.82, 2.24) is 10.2 Å². The van der Waals surface area contributed by atoms with Gasteiger partial charge in [0, 0.05) is 19.1 Å². The highest BCUT2D eigenvalue weighted by molar-refractivity contribution is 5.95. The van der Waals surface area contributed by atoms with Crippen molar-refractivity contribution in [2.45, 2.75) is 38.8 Å². The SMILES string of the molecule is Cc1cc(C(=O)NC2CCN(C(=O)C(N)c3ccccc3)CC2)c(C)o1.Cl. The van der Waals surface area contributed by atoms with Crippen LogP contribution in [-0.4, -0.2) is 35.8 Å². The largest absolute Gasteiger partial charge is 0.466 e. The number of hydrogen-bond donors (Lipinski definition) is 2. The van der Waals surface area contributed by atoms with Gasteiger partial charge >= 0.3 is 0 Å². The van der Waals surface area contributed by atoms with E-state index in [1.165, 1.54) is 0 Å². The van der Waals surface area contributed by atoms with Crippen LogP contribution in [0.5, 0.6) is 0 Å². The maximum atomic E-state index is 12.6. The van der Waals surface area contributed by atoms with Crippen molar-refractivity contribution in [2.24, 2.45) is 5.73 Å². The Labute approximate surface area is 165 Å². The summed E-state index contributed by atoms with van der Waals surface area (Å²) in [4.78, 5) is 26.8. The standard InChI is InChI=1S/C20H25N3O3.ClH/c1-13-12-17(14(2)26-13)19(24)22-16-8-10-23(11-9-16)20(25)18(21)15-6-4-3-5-7-15;/h3-7,12,16,18H,8-11,21H2,1-2H3,(H,22,24);1H. The lowest BCUT2D eigenvalue weighted by atomic mass is 10.0. The number of carbonyl (C=O) groups excluding carboxylic acids is 2. The molecule has 2 amide bonds. The van der Waals surface area contributed by atoms with Crippen LogP contribution >= 0.6 is 12.4 Å². The lowest BCUT2D eigenvalue weighted by Gasteiger charge is -2.33. The van der Waals surface area contributed by atoms with Crippen LogP contribution in [0.4, 0.5) is 0 Å². The van der Waals surface area contributed by atoms with E-state index in [0.717, 1.165) is 24.2 Å². The van der Waals surface area contributed by atoms with Crippen molar-refractivity contribution in [3.05, 3.63) is 59.0 Å². The van der Waals surface area contributed by atoms with Gasteiger partial charge in [-0.2, -0.15) is 0 Å². The lowest BCUT2D eigenvalue weighted by Crippen LogP contribution is -2.48. The first kappa shape index (κ1) is 21.0. The number of halogens is 1. The predicted octanol–water partition coefficient (Wildman–Crippen LogP) is 2.74. The number of rotatable bonds is 4. The zero-order valence-electron chi connectivity index (χ0n) is 15.6. The molecule has 7 heteroatoms. The average molecular weight is 392 g/mol. The van der Waals surface area contributed by atoms with Gasteiger partial charge in [0.25, 0.3) is 5.91 Å². The number of aryl methyl sites for hydroxylation is 2. The van der Waals surface area contributed by atoms with E-state index in [1.807, 2.05) is 37.3 Å². The maximum Gasteiger partial charge on any atom is 0.255 e. The third kappa shape index (κ3) is 4.90. The van der Waals surface area contributed by atoms with E-state index >= 15 is 0 Å². The van der Waals surface area contributed by atoms with Crippen molar-refractivity contribution >= 4 is 24.2 Å². The molecule has 0 saturated carbocycles. The van der Waals surface area contributed by atoms with Gasteiger partial charge in [0.2, 0.25) is 5.91 Å². The van der Waals surface area contributed by atoms with Gasteiger partial charge in [-0.3, -0.25) is 9.59 Å². The third-order valence-electron chi connectivity index (χ3n) is 4.85. The topological polar surface area (TPSA) is 88.6 Å². The van der Waals surface area contributed by atoms with E-state index in [0.29, 0.717) is 24.4 Å². The number of nitrogens with two attached hydrogens (primary N) is 1. The van der Waals surface area contributed by atoms with Crippen LogP contribution in [0.1, 0.15) is 46.3 Å². The van der Waals surface area contributed by atoms with Crippen molar-refractivity contribution in [2.75, 3.05) is 13.1 Å². The van der Waals surface area contributed by atoms with E-state index in [4.69, 9.17) is 10.2 Å². The van der Waals surface area contributed by atoms with Gasteiger partial charge in [0.1, 0.15) is 17.6 Å². The highest BCUT2D eigenvalue weighted by atomic mass is 35.5. The van der Waals surface area contributed by atoms with E-state index in [2.05, 4.69) is 5.32 Å². The van der Waals surface area contributed by atoms with Crippen LogP contribution in [0.3, 0.4) is 0 Å². The Bertz CT molecular complexity index is 783. The molecule has 1 atom stereocenters. The summed E-state index contributed by atoms with van der Waals surface area (Å²) < 4.78 is 5.41. The Morgan fingerprint density at radius 2 is 1.81 bits per heavy atom. The fraction of sp³-hybridized carbons (Fsp3) is 0.400. The molecule has 0 spiro atoms. The molecule has 1 aromatic carbocycles.